The van der Waals surface area contributed by atoms with Crippen LogP contribution in [0.25, 0.3) is 0 Å². The number of pyridine rings is 1. The van der Waals surface area contributed by atoms with E-state index in [1.54, 1.807) is 13.3 Å². The standard InChI is InChI=1S/C15H24N2O/c1-10-5-6-13(11(2)7-10)17-14-8-12(3)16-9-15(14)18-4/h8-11,13H,5-7H2,1-4H3,(H,16,17). The lowest BCUT2D eigenvalue weighted by atomic mass is 9.80. The Morgan fingerprint density at radius 3 is 2.78 bits per heavy atom. The van der Waals surface area contributed by atoms with Crippen LogP contribution in [0.15, 0.2) is 12.3 Å². The van der Waals surface area contributed by atoms with Gasteiger partial charge in [0.15, 0.2) is 5.75 Å². The van der Waals surface area contributed by atoms with Crippen molar-refractivity contribution in [2.24, 2.45) is 11.8 Å². The lowest BCUT2D eigenvalue weighted by Crippen LogP contribution is -2.33. The predicted octanol–water partition coefficient (Wildman–Crippen LogP) is 3.64. The molecule has 0 saturated heterocycles. The molecular weight excluding hydrogens is 224 g/mol. The average Bonchev–Trinajstić information content (AvgIpc) is 2.33. The van der Waals surface area contributed by atoms with E-state index in [-0.39, 0.29) is 0 Å². The summed E-state index contributed by atoms with van der Waals surface area (Å²) in [6.07, 6.45) is 5.67. The zero-order valence-corrected chi connectivity index (χ0v) is 11.9. The second-order valence-corrected chi connectivity index (χ2v) is 5.67. The zero-order chi connectivity index (χ0) is 13.1. The Labute approximate surface area is 110 Å². The van der Waals surface area contributed by atoms with E-state index in [1.165, 1.54) is 19.3 Å². The highest BCUT2D eigenvalue weighted by Crippen LogP contribution is 2.33. The molecule has 100 valence electrons. The van der Waals surface area contributed by atoms with Crippen molar-refractivity contribution in [2.45, 2.75) is 46.1 Å². The minimum absolute atomic E-state index is 0.553. The number of aromatic nitrogens is 1. The molecule has 3 nitrogen and oxygen atoms in total. The quantitative estimate of drug-likeness (QED) is 0.887. The molecule has 1 saturated carbocycles. The predicted molar refractivity (Wildman–Crippen MR) is 75.1 cm³/mol. The van der Waals surface area contributed by atoms with Gasteiger partial charge >= 0.3 is 0 Å². The van der Waals surface area contributed by atoms with Crippen LogP contribution < -0.4 is 10.1 Å². The number of hydrogen-bond donors (Lipinski definition) is 1. The van der Waals surface area contributed by atoms with Gasteiger partial charge in [0.1, 0.15) is 0 Å². The molecule has 1 aliphatic rings. The smallest absolute Gasteiger partial charge is 0.160 e. The maximum atomic E-state index is 5.37. The summed E-state index contributed by atoms with van der Waals surface area (Å²) in [6, 6.07) is 2.63. The number of hydrogen-bond acceptors (Lipinski definition) is 3. The fourth-order valence-corrected chi connectivity index (χ4v) is 2.90. The molecule has 0 radical (unpaired) electrons. The van der Waals surface area contributed by atoms with E-state index < -0.39 is 0 Å². The highest BCUT2D eigenvalue weighted by atomic mass is 16.5. The largest absolute Gasteiger partial charge is 0.493 e. The molecule has 3 atom stereocenters. The molecule has 0 aromatic carbocycles. The number of methoxy groups -OCH3 is 1. The molecule has 0 amide bonds. The number of aryl methyl sites for hydroxylation is 1. The molecule has 1 aromatic rings. The van der Waals surface area contributed by atoms with Gasteiger partial charge in [-0.15, -0.1) is 0 Å². The fourth-order valence-electron chi connectivity index (χ4n) is 2.90. The van der Waals surface area contributed by atoms with Crippen LogP contribution in [0.1, 0.15) is 38.8 Å². The Bertz CT molecular complexity index is 405. The van der Waals surface area contributed by atoms with E-state index in [2.05, 4.69) is 30.2 Å². The third kappa shape index (κ3) is 2.95. The number of anilines is 1. The Balaban J connectivity index is 2.11. The Morgan fingerprint density at radius 2 is 2.11 bits per heavy atom. The van der Waals surface area contributed by atoms with Crippen molar-refractivity contribution in [2.75, 3.05) is 12.4 Å². The third-order valence-corrected chi connectivity index (χ3v) is 4.00. The summed E-state index contributed by atoms with van der Waals surface area (Å²) < 4.78 is 5.37. The van der Waals surface area contributed by atoms with Crippen molar-refractivity contribution >= 4 is 5.69 Å². The molecule has 1 aliphatic carbocycles. The summed E-state index contributed by atoms with van der Waals surface area (Å²) in [6.45, 7) is 6.70. The number of rotatable bonds is 3. The summed E-state index contributed by atoms with van der Waals surface area (Å²) in [4.78, 5) is 4.27. The van der Waals surface area contributed by atoms with Crippen LogP contribution >= 0.6 is 0 Å². The molecule has 18 heavy (non-hydrogen) atoms. The maximum absolute atomic E-state index is 5.37. The molecule has 3 heteroatoms. The third-order valence-electron chi connectivity index (χ3n) is 4.00. The molecule has 1 aromatic heterocycles. The summed E-state index contributed by atoms with van der Waals surface area (Å²) in [5, 5.41) is 3.65. The molecule has 1 heterocycles. The highest BCUT2D eigenvalue weighted by molar-refractivity contribution is 5.56. The van der Waals surface area contributed by atoms with Crippen LogP contribution in [0.2, 0.25) is 0 Å². The van der Waals surface area contributed by atoms with E-state index in [0.29, 0.717) is 12.0 Å². The van der Waals surface area contributed by atoms with Crippen molar-refractivity contribution in [1.82, 2.24) is 4.98 Å². The van der Waals surface area contributed by atoms with E-state index in [4.69, 9.17) is 4.74 Å². The minimum atomic E-state index is 0.553. The van der Waals surface area contributed by atoms with Crippen molar-refractivity contribution in [1.29, 1.82) is 0 Å². The van der Waals surface area contributed by atoms with Crippen molar-refractivity contribution in [3.8, 4) is 5.75 Å². The molecule has 2 rings (SSSR count). The zero-order valence-electron chi connectivity index (χ0n) is 11.9. The first-order valence-electron chi connectivity index (χ1n) is 6.87. The summed E-state index contributed by atoms with van der Waals surface area (Å²) >= 11 is 0. The first-order valence-corrected chi connectivity index (χ1v) is 6.87. The maximum Gasteiger partial charge on any atom is 0.160 e. The molecular formula is C15H24N2O. The summed E-state index contributed by atoms with van der Waals surface area (Å²) in [7, 11) is 1.70. The van der Waals surface area contributed by atoms with Crippen molar-refractivity contribution < 1.29 is 4.74 Å². The van der Waals surface area contributed by atoms with Crippen LogP contribution in [0.5, 0.6) is 5.75 Å². The van der Waals surface area contributed by atoms with Crippen LogP contribution in [-0.2, 0) is 0 Å². The Kier molecular flexibility index (Phi) is 4.10. The summed E-state index contributed by atoms with van der Waals surface area (Å²) in [5.41, 5.74) is 2.10. The lowest BCUT2D eigenvalue weighted by molar-refractivity contribution is 0.276. The highest BCUT2D eigenvalue weighted by Gasteiger charge is 2.25. The molecule has 1 N–H and O–H groups in total. The monoisotopic (exact) mass is 248 g/mol. The molecule has 1 fully saturated rings. The van der Waals surface area contributed by atoms with Crippen LogP contribution in [0.3, 0.4) is 0 Å². The van der Waals surface area contributed by atoms with Crippen LogP contribution in [0.4, 0.5) is 5.69 Å². The van der Waals surface area contributed by atoms with E-state index in [9.17, 15) is 0 Å². The number of ether oxygens (including phenoxy) is 1. The van der Waals surface area contributed by atoms with Gasteiger partial charge in [0.2, 0.25) is 0 Å². The number of nitrogens with one attached hydrogen (secondary N) is 1. The topological polar surface area (TPSA) is 34.1 Å². The van der Waals surface area contributed by atoms with E-state index in [1.807, 2.05) is 6.92 Å². The number of nitrogens with zero attached hydrogens (tertiary/aromatic N) is 1. The van der Waals surface area contributed by atoms with E-state index >= 15 is 0 Å². The van der Waals surface area contributed by atoms with Gasteiger partial charge in [0, 0.05) is 11.7 Å². The molecule has 0 bridgehead atoms. The van der Waals surface area contributed by atoms with Gasteiger partial charge in [-0.2, -0.15) is 0 Å². The summed E-state index contributed by atoms with van der Waals surface area (Å²) in [5.74, 6) is 2.41. The van der Waals surface area contributed by atoms with Crippen LogP contribution in [0, 0.1) is 18.8 Å². The van der Waals surface area contributed by atoms with Gasteiger partial charge in [-0.05, 0) is 44.1 Å². The minimum Gasteiger partial charge on any atom is -0.493 e. The Morgan fingerprint density at radius 1 is 1.33 bits per heavy atom. The average molecular weight is 248 g/mol. The Hall–Kier alpha value is -1.25. The van der Waals surface area contributed by atoms with Gasteiger partial charge in [-0.25, -0.2) is 0 Å². The van der Waals surface area contributed by atoms with Gasteiger partial charge in [-0.1, -0.05) is 13.8 Å². The fraction of sp³-hybridized carbons (Fsp3) is 0.667. The SMILES string of the molecule is COc1cnc(C)cc1NC1CCC(C)CC1C. The first-order chi connectivity index (χ1) is 8.60. The second-order valence-electron chi connectivity index (χ2n) is 5.67. The van der Waals surface area contributed by atoms with Gasteiger partial charge in [0.05, 0.1) is 19.0 Å². The van der Waals surface area contributed by atoms with Gasteiger partial charge in [0.25, 0.3) is 0 Å². The van der Waals surface area contributed by atoms with E-state index in [0.717, 1.165) is 23.0 Å². The molecule has 0 aliphatic heterocycles. The first kappa shape index (κ1) is 13.2. The van der Waals surface area contributed by atoms with Gasteiger partial charge < -0.3 is 10.1 Å². The molecule has 0 spiro atoms. The molecule has 3 unspecified atom stereocenters. The lowest BCUT2D eigenvalue weighted by Gasteiger charge is -2.34. The second kappa shape index (κ2) is 5.59. The van der Waals surface area contributed by atoms with Crippen molar-refractivity contribution in [3.63, 3.8) is 0 Å². The van der Waals surface area contributed by atoms with Crippen molar-refractivity contribution in [3.05, 3.63) is 18.0 Å². The van der Waals surface area contributed by atoms with Crippen LogP contribution in [-0.4, -0.2) is 18.1 Å². The normalized spacial score (nSPS) is 27.9. The van der Waals surface area contributed by atoms with Gasteiger partial charge in [-0.3, -0.25) is 4.98 Å².